The summed E-state index contributed by atoms with van der Waals surface area (Å²) in [5, 5.41) is 3.60. The first-order valence-corrected chi connectivity index (χ1v) is 6.59. The minimum Gasteiger partial charge on any atom is -0.384 e. The van der Waals surface area contributed by atoms with Crippen LogP contribution in [0.1, 0.15) is 48.3 Å². The molecule has 1 saturated carbocycles. The Kier molecular flexibility index (Phi) is 2.42. The van der Waals surface area contributed by atoms with Crippen molar-refractivity contribution in [2.24, 2.45) is 5.92 Å². The Labute approximate surface area is 98.3 Å². The maximum atomic E-state index is 3.60. The van der Waals surface area contributed by atoms with E-state index in [1.165, 1.54) is 42.5 Å². The molecule has 0 aromatic heterocycles. The summed E-state index contributed by atoms with van der Waals surface area (Å²) in [5.74, 6) is 1.79. The highest BCUT2D eigenvalue weighted by atomic mass is 14.9. The van der Waals surface area contributed by atoms with Gasteiger partial charge in [0, 0.05) is 18.2 Å². The van der Waals surface area contributed by atoms with Gasteiger partial charge in [-0.3, -0.25) is 0 Å². The Morgan fingerprint density at radius 3 is 2.75 bits per heavy atom. The van der Waals surface area contributed by atoms with Gasteiger partial charge in [-0.05, 0) is 37.3 Å². The number of hydrogen-bond donors (Lipinski definition) is 1. The highest BCUT2D eigenvalue weighted by molar-refractivity contribution is 5.63. The molecule has 1 aromatic carbocycles. The second-order valence-electron chi connectivity index (χ2n) is 5.66. The van der Waals surface area contributed by atoms with Gasteiger partial charge in [-0.2, -0.15) is 0 Å². The van der Waals surface area contributed by atoms with Crippen LogP contribution < -0.4 is 5.32 Å². The van der Waals surface area contributed by atoms with E-state index in [-0.39, 0.29) is 0 Å². The van der Waals surface area contributed by atoms with Gasteiger partial charge < -0.3 is 5.32 Å². The van der Waals surface area contributed by atoms with E-state index < -0.39 is 0 Å². The summed E-state index contributed by atoms with van der Waals surface area (Å²) in [6.45, 7) is 5.60. The third-order valence-corrected chi connectivity index (χ3v) is 4.32. The molecule has 1 aliphatic carbocycles. The summed E-state index contributed by atoms with van der Waals surface area (Å²) in [6, 6.07) is 4.68. The van der Waals surface area contributed by atoms with E-state index in [0.29, 0.717) is 0 Å². The van der Waals surface area contributed by atoms with Gasteiger partial charge in [0.15, 0.2) is 0 Å². The lowest BCUT2D eigenvalue weighted by Gasteiger charge is -2.28. The summed E-state index contributed by atoms with van der Waals surface area (Å²) < 4.78 is 0. The van der Waals surface area contributed by atoms with Crippen molar-refractivity contribution in [3.05, 3.63) is 28.8 Å². The van der Waals surface area contributed by atoms with Crippen molar-refractivity contribution < 1.29 is 0 Å². The van der Waals surface area contributed by atoms with E-state index >= 15 is 0 Å². The molecule has 16 heavy (non-hydrogen) atoms. The lowest BCUT2D eigenvalue weighted by Crippen LogP contribution is -2.16. The van der Waals surface area contributed by atoms with Gasteiger partial charge in [0.2, 0.25) is 0 Å². The first-order chi connectivity index (χ1) is 7.74. The molecular weight excluding hydrogens is 194 g/mol. The number of anilines is 1. The molecule has 1 unspecified atom stereocenters. The standard InChI is InChI=1S/C15H21N/c1-10-6-11(2)15-14(7-10)13(9-16-15)8-12-4-3-5-12/h6-7,12-13,16H,3-5,8-9H2,1-2H3. The smallest absolute Gasteiger partial charge is 0.0406 e. The molecule has 1 aromatic rings. The fraction of sp³-hybridized carbons (Fsp3) is 0.600. The molecule has 1 fully saturated rings. The van der Waals surface area contributed by atoms with E-state index in [9.17, 15) is 0 Å². The Hall–Kier alpha value is -0.980. The topological polar surface area (TPSA) is 12.0 Å². The molecule has 0 bridgehead atoms. The predicted octanol–water partition coefficient (Wildman–Crippen LogP) is 4.00. The largest absolute Gasteiger partial charge is 0.384 e. The molecule has 2 aliphatic rings. The molecule has 0 saturated heterocycles. The van der Waals surface area contributed by atoms with E-state index in [1.54, 1.807) is 5.56 Å². The molecule has 0 amide bonds. The number of rotatable bonds is 2. The minimum absolute atomic E-state index is 0.777. The first-order valence-electron chi connectivity index (χ1n) is 6.59. The van der Waals surface area contributed by atoms with E-state index in [1.807, 2.05) is 0 Å². The van der Waals surface area contributed by atoms with Crippen LogP contribution in [0, 0.1) is 19.8 Å². The van der Waals surface area contributed by atoms with Gasteiger partial charge in [-0.25, -0.2) is 0 Å². The van der Waals surface area contributed by atoms with Crippen molar-refractivity contribution in [1.29, 1.82) is 0 Å². The van der Waals surface area contributed by atoms with Crippen molar-refractivity contribution in [3.8, 4) is 0 Å². The second kappa shape index (κ2) is 3.80. The van der Waals surface area contributed by atoms with Crippen molar-refractivity contribution in [3.63, 3.8) is 0 Å². The number of hydrogen-bond acceptors (Lipinski definition) is 1. The Morgan fingerprint density at radius 1 is 1.25 bits per heavy atom. The average molecular weight is 215 g/mol. The zero-order valence-corrected chi connectivity index (χ0v) is 10.3. The van der Waals surface area contributed by atoms with E-state index in [2.05, 4.69) is 31.3 Å². The zero-order valence-electron chi connectivity index (χ0n) is 10.3. The van der Waals surface area contributed by atoms with Gasteiger partial charge in [-0.1, -0.05) is 37.0 Å². The minimum atomic E-state index is 0.777. The van der Waals surface area contributed by atoms with Gasteiger partial charge in [0.05, 0.1) is 0 Å². The van der Waals surface area contributed by atoms with Crippen molar-refractivity contribution in [2.45, 2.75) is 45.4 Å². The van der Waals surface area contributed by atoms with Crippen LogP contribution in [-0.2, 0) is 0 Å². The average Bonchev–Trinajstić information content (AvgIpc) is 2.55. The number of benzene rings is 1. The molecule has 0 spiro atoms. The van der Waals surface area contributed by atoms with E-state index in [0.717, 1.165) is 18.4 Å². The summed E-state index contributed by atoms with van der Waals surface area (Å²) >= 11 is 0. The maximum Gasteiger partial charge on any atom is 0.0406 e. The van der Waals surface area contributed by atoms with Gasteiger partial charge >= 0.3 is 0 Å². The molecular formula is C15H21N. The molecule has 1 heterocycles. The van der Waals surface area contributed by atoms with Crippen molar-refractivity contribution >= 4 is 5.69 Å². The summed E-state index contributed by atoms with van der Waals surface area (Å²) in [7, 11) is 0. The lowest BCUT2D eigenvalue weighted by molar-refractivity contribution is 0.280. The maximum absolute atomic E-state index is 3.60. The molecule has 1 heteroatoms. The van der Waals surface area contributed by atoms with Crippen LogP contribution in [0.15, 0.2) is 12.1 Å². The van der Waals surface area contributed by atoms with Crippen LogP contribution in [0.4, 0.5) is 5.69 Å². The molecule has 0 radical (unpaired) electrons. The number of nitrogens with one attached hydrogen (secondary N) is 1. The fourth-order valence-corrected chi connectivity index (χ4v) is 3.24. The van der Waals surface area contributed by atoms with E-state index in [4.69, 9.17) is 0 Å². The predicted molar refractivity (Wildman–Crippen MR) is 69.1 cm³/mol. The highest BCUT2D eigenvalue weighted by Crippen LogP contribution is 2.42. The van der Waals surface area contributed by atoms with Crippen LogP contribution >= 0.6 is 0 Å². The fourth-order valence-electron chi connectivity index (χ4n) is 3.24. The van der Waals surface area contributed by atoms with Crippen molar-refractivity contribution in [1.82, 2.24) is 0 Å². The number of aryl methyl sites for hydroxylation is 2. The monoisotopic (exact) mass is 215 g/mol. The van der Waals surface area contributed by atoms with Gasteiger partial charge in [0.1, 0.15) is 0 Å². The third kappa shape index (κ3) is 1.63. The highest BCUT2D eigenvalue weighted by Gasteiger charge is 2.28. The molecule has 1 aliphatic heterocycles. The third-order valence-electron chi connectivity index (χ3n) is 4.32. The molecule has 86 valence electrons. The van der Waals surface area contributed by atoms with Crippen LogP contribution in [-0.4, -0.2) is 6.54 Å². The normalized spacial score (nSPS) is 23.8. The summed E-state index contributed by atoms with van der Waals surface area (Å²) in [4.78, 5) is 0. The van der Waals surface area contributed by atoms with Gasteiger partial charge in [0.25, 0.3) is 0 Å². The van der Waals surface area contributed by atoms with Crippen LogP contribution in [0.5, 0.6) is 0 Å². The zero-order chi connectivity index (χ0) is 11.1. The Bertz CT molecular complexity index is 404. The number of fused-ring (bicyclic) bond motifs is 1. The summed E-state index contributed by atoms with van der Waals surface area (Å²) in [6.07, 6.45) is 5.81. The van der Waals surface area contributed by atoms with Gasteiger partial charge in [-0.15, -0.1) is 0 Å². The lowest BCUT2D eigenvalue weighted by atomic mass is 9.77. The second-order valence-corrected chi connectivity index (χ2v) is 5.66. The Morgan fingerprint density at radius 2 is 2.06 bits per heavy atom. The van der Waals surface area contributed by atoms with Crippen molar-refractivity contribution in [2.75, 3.05) is 11.9 Å². The Balaban J connectivity index is 1.86. The molecule has 3 rings (SSSR count). The summed E-state index contributed by atoms with van der Waals surface area (Å²) in [5.41, 5.74) is 5.85. The first kappa shape index (κ1) is 10.2. The molecule has 1 nitrogen and oxygen atoms in total. The molecule has 1 N–H and O–H groups in total. The van der Waals surface area contributed by atoms with Crippen LogP contribution in [0.2, 0.25) is 0 Å². The SMILES string of the molecule is Cc1cc(C)c2c(c1)C(CC1CCC1)CN2. The van der Waals surface area contributed by atoms with Crippen LogP contribution in [0.25, 0.3) is 0 Å². The quantitative estimate of drug-likeness (QED) is 0.786. The molecule has 1 atom stereocenters. The van der Waals surface area contributed by atoms with Crippen LogP contribution in [0.3, 0.4) is 0 Å².